The van der Waals surface area contributed by atoms with E-state index in [1.54, 1.807) is 0 Å². The smallest absolute Gasteiger partial charge is 0.287 e. The van der Waals surface area contributed by atoms with Crippen LogP contribution in [0.25, 0.3) is 0 Å². The number of rotatable bonds is 15. The summed E-state index contributed by atoms with van der Waals surface area (Å²) < 4.78 is 63.0. The Morgan fingerprint density at radius 2 is 1.50 bits per heavy atom. The summed E-state index contributed by atoms with van der Waals surface area (Å²) in [6.45, 7) is 3.87. The van der Waals surface area contributed by atoms with Gasteiger partial charge in [0.25, 0.3) is 0 Å². The topological polar surface area (TPSA) is 106 Å². The molecule has 186 valence electrons. The lowest BCUT2D eigenvalue weighted by atomic mass is 9.93. The molecule has 0 aliphatic carbocycles. The molecule has 0 aliphatic rings. The van der Waals surface area contributed by atoms with Gasteiger partial charge in [-0.25, -0.2) is 32.7 Å². The van der Waals surface area contributed by atoms with Crippen molar-refractivity contribution in [2.75, 3.05) is 13.2 Å². The average Bonchev–Trinajstić information content (AvgIpc) is 3.48. The molecule has 0 fully saturated rings. The van der Waals surface area contributed by atoms with E-state index >= 15 is 4.39 Å². The second-order valence-corrected chi connectivity index (χ2v) is 9.31. The lowest BCUT2D eigenvalue weighted by Gasteiger charge is -2.36. The Labute approximate surface area is 196 Å². The maximum absolute atomic E-state index is 15.2. The van der Waals surface area contributed by atoms with Crippen LogP contribution in [0, 0.1) is 11.6 Å². The first-order valence-corrected chi connectivity index (χ1v) is 12.6. The molecule has 0 N–H and O–H groups in total. The molecule has 3 aromatic rings. The summed E-state index contributed by atoms with van der Waals surface area (Å²) in [7, 11) is -4.22. The van der Waals surface area contributed by atoms with Gasteiger partial charge >= 0.3 is 7.82 Å². The molecule has 13 heteroatoms. The van der Waals surface area contributed by atoms with E-state index < -0.39 is 25.1 Å². The summed E-state index contributed by atoms with van der Waals surface area (Å²) in [6, 6.07) is 3.07. The van der Waals surface area contributed by atoms with Crippen molar-refractivity contribution in [3.05, 3.63) is 60.7 Å². The molecule has 1 aromatic carbocycles. The Morgan fingerprint density at radius 1 is 0.941 bits per heavy atom. The molecular weight excluding hydrogens is 469 g/mol. The van der Waals surface area contributed by atoms with E-state index in [9.17, 15) is 8.96 Å². The average molecular weight is 498 g/mol. The fourth-order valence-corrected chi connectivity index (χ4v) is 4.81. The van der Waals surface area contributed by atoms with Crippen molar-refractivity contribution in [3.8, 4) is 0 Å². The van der Waals surface area contributed by atoms with Gasteiger partial charge in [-0.1, -0.05) is 32.8 Å². The zero-order valence-corrected chi connectivity index (χ0v) is 20.1. The Balaban J connectivity index is 2.10. The van der Waals surface area contributed by atoms with Crippen molar-refractivity contribution < 1.29 is 26.9 Å². The largest absolute Gasteiger partial charge is 0.475 e. The van der Waals surface area contributed by atoms with Crippen LogP contribution in [0.5, 0.6) is 0 Å². The number of nitrogens with zero attached hydrogens (tertiary/aromatic N) is 6. The van der Waals surface area contributed by atoms with Crippen molar-refractivity contribution in [1.82, 2.24) is 29.5 Å². The molecule has 0 amide bonds. The minimum absolute atomic E-state index is 0.0710. The van der Waals surface area contributed by atoms with E-state index in [4.69, 9.17) is 13.6 Å². The predicted molar refractivity (Wildman–Crippen MR) is 118 cm³/mol. The van der Waals surface area contributed by atoms with Gasteiger partial charge in [0.2, 0.25) is 0 Å². The third-order valence-electron chi connectivity index (χ3n) is 4.97. The van der Waals surface area contributed by atoms with Gasteiger partial charge in [-0.3, -0.25) is 13.6 Å². The Bertz CT molecular complexity index is 1000. The van der Waals surface area contributed by atoms with Crippen LogP contribution in [-0.2, 0) is 36.8 Å². The van der Waals surface area contributed by atoms with E-state index in [2.05, 4.69) is 20.2 Å². The van der Waals surface area contributed by atoms with E-state index in [1.165, 1.54) is 40.7 Å². The molecule has 0 bridgehead atoms. The van der Waals surface area contributed by atoms with Crippen LogP contribution in [0.3, 0.4) is 0 Å². The van der Waals surface area contributed by atoms with Crippen LogP contribution < -0.4 is 0 Å². The van der Waals surface area contributed by atoms with Gasteiger partial charge in [-0.05, 0) is 18.9 Å². The second kappa shape index (κ2) is 12.3. The van der Waals surface area contributed by atoms with Crippen LogP contribution in [0.15, 0.2) is 43.5 Å². The van der Waals surface area contributed by atoms with Gasteiger partial charge in [0, 0.05) is 11.6 Å². The quantitative estimate of drug-likeness (QED) is 0.223. The molecule has 0 saturated heterocycles. The zero-order chi connectivity index (χ0) is 24.4. The zero-order valence-electron chi connectivity index (χ0n) is 19.2. The summed E-state index contributed by atoms with van der Waals surface area (Å²) in [5.74, 6) is -1.66. The molecule has 0 radical (unpaired) electrons. The highest BCUT2D eigenvalue weighted by molar-refractivity contribution is 7.48. The number of halogens is 2. The van der Waals surface area contributed by atoms with Crippen LogP contribution >= 0.6 is 7.82 Å². The molecule has 0 saturated carbocycles. The minimum Gasteiger partial charge on any atom is -0.287 e. The minimum atomic E-state index is -4.22. The fourth-order valence-electron chi connectivity index (χ4n) is 3.28. The second-order valence-electron chi connectivity index (χ2n) is 7.72. The van der Waals surface area contributed by atoms with E-state index in [-0.39, 0.29) is 31.9 Å². The van der Waals surface area contributed by atoms with Gasteiger partial charge in [-0.15, -0.1) is 0 Å². The number of hydrogen-bond acceptors (Lipinski definition) is 8. The highest BCUT2D eigenvalue weighted by atomic mass is 31.2. The molecular formula is C21H29F2N6O4P. The highest BCUT2D eigenvalue weighted by Gasteiger charge is 2.46. The van der Waals surface area contributed by atoms with Crippen molar-refractivity contribution >= 4 is 7.82 Å². The summed E-state index contributed by atoms with van der Waals surface area (Å²) in [5.41, 5.74) is -1.80. The van der Waals surface area contributed by atoms with Crippen molar-refractivity contribution in [1.29, 1.82) is 0 Å². The van der Waals surface area contributed by atoms with E-state index in [0.29, 0.717) is 12.8 Å². The normalized spacial score (nSPS) is 12.4. The molecule has 2 heterocycles. The van der Waals surface area contributed by atoms with Crippen LogP contribution in [-0.4, -0.2) is 42.7 Å². The van der Waals surface area contributed by atoms with Gasteiger partial charge in [0.15, 0.2) is 0 Å². The van der Waals surface area contributed by atoms with Crippen LogP contribution in [0.2, 0.25) is 0 Å². The summed E-state index contributed by atoms with van der Waals surface area (Å²) in [6.07, 6.45) is 8.24. The molecule has 10 nitrogen and oxygen atoms in total. The molecule has 34 heavy (non-hydrogen) atoms. The molecule has 0 aliphatic heterocycles. The predicted octanol–water partition coefficient (Wildman–Crippen LogP) is 4.50. The van der Waals surface area contributed by atoms with E-state index in [0.717, 1.165) is 25.0 Å². The van der Waals surface area contributed by atoms with Crippen molar-refractivity contribution in [2.24, 2.45) is 0 Å². The molecule has 2 aromatic heterocycles. The lowest BCUT2D eigenvalue weighted by Crippen LogP contribution is -2.40. The maximum atomic E-state index is 15.2. The molecule has 3 rings (SSSR count). The number of phosphoric ester groups is 1. The summed E-state index contributed by atoms with van der Waals surface area (Å²) >= 11 is 0. The Kier molecular flexibility index (Phi) is 9.40. The third kappa shape index (κ3) is 6.99. The van der Waals surface area contributed by atoms with Crippen LogP contribution in [0.4, 0.5) is 8.78 Å². The molecule has 0 atom stereocenters. The lowest BCUT2D eigenvalue weighted by molar-refractivity contribution is -0.0262. The Morgan fingerprint density at radius 3 is 1.94 bits per heavy atom. The van der Waals surface area contributed by atoms with Gasteiger partial charge in [0.1, 0.15) is 42.5 Å². The van der Waals surface area contributed by atoms with Gasteiger partial charge < -0.3 is 0 Å². The molecule has 0 unspecified atom stereocenters. The number of aromatic nitrogens is 6. The summed E-state index contributed by atoms with van der Waals surface area (Å²) in [5, 5.41) is 8.19. The number of benzene rings is 1. The SMILES string of the molecule is CCCCOP(=O)(OCCCC)OC(Cn1cncn1)(Cn1cncn1)c1ccc(F)cc1F. The standard InChI is InChI=1S/C21H29F2N6O4P/c1-3-5-9-31-34(30,32-10-6-4-2)33-21(12-28-16-24-14-26-28,13-29-17-25-15-27-29)19-8-7-18(22)11-20(19)23/h7-8,11,14-17H,3-6,9-10,12-13H2,1-2H3. The number of unbranched alkanes of at least 4 members (excludes halogenated alkanes) is 2. The first-order chi connectivity index (χ1) is 16.4. The summed E-state index contributed by atoms with van der Waals surface area (Å²) in [4.78, 5) is 7.86. The van der Waals surface area contributed by atoms with Gasteiger partial charge in [0.05, 0.1) is 26.3 Å². The van der Waals surface area contributed by atoms with Crippen molar-refractivity contribution in [3.63, 3.8) is 0 Å². The third-order valence-corrected chi connectivity index (χ3v) is 6.54. The van der Waals surface area contributed by atoms with Gasteiger partial charge in [-0.2, -0.15) is 10.2 Å². The van der Waals surface area contributed by atoms with Crippen molar-refractivity contribution in [2.45, 2.75) is 58.2 Å². The first kappa shape index (κ1) is 26.1. The first-order valence-electron chi connectivity index (χ1n) is 11.1. The van der Waals surface area contributed by atoms with Crippen LogP contribution in [0.1, 0.15) is 45.1 Å². The maximum Gasteiger partial charge on any atom is 0.475 e. The number of phosphoric acid groups is 1. The fraction of sp³-hybridized carbons (Fsp3) is 0.524. The molecule has 0 spiro atoms. The highest BCUT2D eigenvalue weighted by Crippen LogP contribution is 2.56. The monoisotopic (exact) mass is 498 g/mol. The number of hydrogen-bond donors (Lipinski definition) is 0. The Hall–Kier alpha value is -2.53. The van der Waals surface area contributed by atoms with E-state index in [1.807, 2.05) is 13.8 Å².